The Labute approximate surface area is 165 Å². The summed E-state index contributed by atoms with van der Waals surface area (Å²) in [5, 5.41) is 0. The van der Waals surface area contributed by atoms with Crippen molar-refractivity contribution in [3.8, 4) is 0 Å². The Morgan fingerprint density at radius 3 is 2.50 bits per heavy atom. The SMILES string of the molecule is O=C(/C=C/c1ccc(S(=O)(=O)NC2CC2)cc1)N1CCCC(C2OCCO2)C1. The summed E-state index contributed by atoms with van der Waals surface area (Å²) in [5.74, 6) is 0.173. The van der Waals surface area contributed by atoms with E-state index in [2.05, 4.69) is 4.72 Å². The molecule has 1 aromatic rings. The molecule has 3 aliphatic rings. The highest BCUT2D eigenvalue weighted by Gasteiger charge is 2.32. The fourth-order valence-corrected chi connectivity index (χ4v) is 4.91. The molecule has 1 saturated carbocycles. The number of hydrogen-bond acceptors (Lipinski definition) is 5. The Balaban J connectivity index is 1.34. The highest BCUT2D eigenvalue weighted by atomic mass is 32.2. The van der Waals surface area contributed by atoms with Gasteiger partial charge in [0.25, 0.3) is 0 Å². The molecule has 8 heteroatoms. The number of benzene rings is 1. The van der Waals surface area contributed by atoms with Crippen LogP contribution in [0.25, 0.3) is 6.08 Å². The minimum Gasteiger partial charge on any atom is -0.350 e. The number of rotatable bonds is 6. The molecule has 1 N–H and O–H groups in total. The van der Waals surface area contributed by atoms with Gasteiger partial charge in [-0.1, -0.05) is 12.1 Å². The van der Waals surface area contributed by atoms with E-state index in [1.807, 2.05) is 4.90 Å². The minimum absolute atomic E-state index is 0.0465. The quantitative estimate of drug-likeness (QED) is 0.728. The van der Waals surface area contributed by atoms with Crippen molar-refractivity contribution in [2.75, 3.05) is 26.3 Å². The number of carbonyl (C=O) groups is 1. The second kappa shape index (κ2) is 8.32. The molecular formula is C20H26N2O5S. The molecule has 2 heterocycles. The summed E-state index contributed by atoms with van der Waals surface area (Å²) < 4.78 is 38.2. The Bertz CT molecular complexity index is 827. The maximum Gasteiger partial charge on any atom is 0.246 e. The van der Waals surface area contributed by atoms with Crippen LogP contribution >= 0.6 is 0 Å². The Hall–Kier alpha value is -1.74. The van der Waals surface area contributed by atoms with Gasteiger partial charge in [-0.05, 0) is 49.5 Å². The lowest BCUT2D eigenvalue weighted by atomic mass is 9.97. The van der Waals surface area contributed by atoms with Gasteiger partial charge >= 0.3 is 0 Å². The number of likely N-dealkylation sites (tertiary alicyclic amines) is 1. The molecule has 1 amide bonds. The molecule has 0 bridgehead atoms. The summed E-state index contributed by atoms with van der Waals surface area (Å²) >= 11 is 0. The second-order valence-electron chi connectivity index (χ2n) is 7.59. The highest BCUT2D eigenvalue weighted by Crippen LogP contribution is 2.25. The van der Waals surface area contributed by atoms with Crippen LogP contribution in [-0.4, -0.2) is 57.9 Å². The second-order valence-corrected chi connectivity index (χ2v) is 9.31. The number of hydrogen-bond donors (Lipinski definition) is 1. The van der Waals surface area contributed by atoms with Crippen LogP contribution in [0, 0.1) is 5.92 Å². The van der Waals surface area contributed by atoms with Gasteiger partial charge < -0.3 is 14.4 Å². The number of carbonyl (C=O) groups excluding carboxylic acids is 1. The molecule has 152 valence electrons. The Morgan fingerprint density at radius 1 is 1.11 bits per heavy atom. The third-order valence-corrected chi connectivity index (χ3v) is 6.85. The van der Waals surface area contributed by atoms with Crippen LogP contribution in [0.1, 0.15) is 31.2 Å². The molecule has 0 radical (unpaired) electrons. The molecule has 2 aliphatic heterocycles. The Morgan fingerprint density at radius 2 is 1.82 bits per heavy atom. The zero-order valence-corrected chi connectivity index (χ0v) is 16.6. The average Bonchev–Trinajstić information content (AvgIpc) is 3.33. The first-order chi connectivity index (χ1) is 13.5. The largest absolute Gasteiger partial charge is 0.350 e. The van der Waals surface area contributed by atoms with E-state index in [0.29, 0.717) is 19.8 Å². The number of nitrogens with zero attached hydrogens (tertiary/aromatic N) is 1. The van der Waals surface area contributed by atoms with Crippen LogP contribution in [-0.2, 0) is 24.3 Å². The van der Waals surface area contributed by atoms with E-state index in [1.54, 1.807) is 36.4 Å². The lowest BCUT2D eigenvalue weighted by molar-refractivity contribution is -0.134. The third kappa shape index (κ3) is 4.81. The summed E-state index contributed by atoms with van der Waals surface area (Å²) in [7, 11) is -3.45. The molecule has 2 saturated heterocycles. The third-order valence-electron chi connectivity index (χ3n) is 5.31. The number of sulfonamides is 1. The van der Waals surface area contributed by atoms with Gasteiger partial charge in [0, 0.05) is 31.1 Å². The summed E-state index contributed by atoms with van der Waals surface area (Å²) in [6, 6.07) is 6.64. The summed E-state index contributed by atoms with van der Waals surface area (Å²) in [5.41, 5.74) is 0.787. The fourth-order valence-electron chi connectivity index (χ4n) is 3.60. The average molecular weight is 407 g/mol. The first kappa shape index (κ1) is 19.6. The summed E-state index contributed by atoms with van der Waals surface area (Å²) in [6.07, 6.45) is 6.82. The van der Waals surface area contributed by atoms with E-state index in [1.165, 1.54) is 0 Å². The van der Waals surface area contributed by atoms with Crippen LogP contribution in [0.3, 0.4) is 0 Å². The predicted molar refractivity (Wildman–Crippen MR) is 104 cm³/mol. The first-order valence-electron chi connectivity index (χ1n) is 9.84. The van der Waals surface area contributed by atoms with Crippen molar-refractivity contribution < 1.29 is 22.7 Å². The maximum absolute atomic E-state index is 12.5. The predicted octanol–water partition coefficient (Wildman–Crippen LogP) is 1.75. The van der Waals surface area contributed by atoms with Crippen LogP contribution in [0.4, 0.5) is 0 Å². The van der Waals surface area contributed by atoms with E-state index >= 15 is 0 Å². The van der Waals surface area contributed by atoms with Crippen molar-refractivity contribution in [1.29, 1.82) is 0 Å². The smallest absolute Gasteiger partial charge is 0.246 e. The molecule has 3 fully saturated rings. The number of amides is 1. The number of nitrogens with one attached hydrogen (secondary N) is 1. The van der Waals surface area contributed by atoms with Crippen molar-refractivity contribution in [3.63, 3.8) is 0 Å². The zero-order valence-electron chi connectivity index (χ0n) is 15.7. The standard InChI is InChI=1S/C20H26N2O5S/c23-19(22-11-1-2-16(14-22)20-26-12-13-27-20)10-5-15-3-8-18(9-4-15)28(24,25)21-17-6-7-17/h3-5,8-10,16-17,20-21H,1-2,6-7,11-14H2/b10-5+. The first-order valence-corrected chi connectivity index (χ1v) is 11.3. The van der Waals surface area contributed by atoms with E-state index < -0.39 is 10.0 Å². The molecule has 1 unspecified atom stereocenters. The van der Waals surface area contributed by atoms with Gasteiger partial charge in [0.2, 0.25) is 15.9 Å². The molecule has 4 rings (SSSR count). The molecular weight excluding hydrogens is 380 g/mol. The van der Waals surface area contributed by atoms with Crippen LogP contribution in [0.2, 0.25) is 0 Å². The van der Waals surface area contributed by atoms with Gasteiger partial charge in [0.1, 0.15) is 0 Å². The van der Waals surface area contributed by atoms with Gasteiger partial charge in [0.05, 0.1) is 18.1 Å². The monoisotopic (exact) mass is 406 g/mol. The van der Waals surface area contributed by atoms with Gasteiger partial charge in [-0.3, -0.25) is 4.79 Å². The minimum atomic E-state index is -3.45. The lowest BCUT2D eigenvalue weighted by Gasteiger charge is -2.34. The van der Waals surface area contributed by atoms with Crippen molar-refractivity contribution >= 4 is 22.0 Å². The van der Waals surface area contributed by atoms with Crippen molar-refractivity contribution in [2.24, 2.45) is 5.92 Å². The van der Waals surface area contributed by atoms with Crippen LogP contribution in [0.15, 0.2) is 35.2 Å². The molecule has 0 aromatic heterocycles. The van der Waals surface area contributed by atoms with E-state index in [0.717, 1.165) is 37.8 Å². The van der Waals surface area contributed by atoms with Gasteiger partial charge in [-0.15, -0.1) is 0 Å². The van der Waals surface area contributed by atoms with Crippen molar-refractivity contribution in [2.45, 2.75) is 42.9 Å². The lowest BCUT2D eigenvalue weighted by Crippen LogP contribution is -2.43. The summed E-state index contributed by atoms with van der Waals surface area (Å²) in [6.45, 7) is 2.61. The van der Waals surface area contributed by atoms with E-state index in [9.17, 15) is 13.2 Å². The van der Waals surface area contributed by atoms with Crippen molar-refractivity contribution in [1.82, 2.24) is 9.62 Å². The molecule has 7 nitrogen and oxygen atoms in total. The molecule has 0 spiro atoms. The maximum atomic E-state index is 12.5. The molecule has 1 atom stereocenters. The topological polar surface area (TPSA) is 84.9 Å². The normalized spacial score (nSPS) is 24.1. The highest BCUT2D eigenvalue weighted by molar-refractivity contribution is 7.89. The van der Waals surface area contributed by atoms with Crippen LogP contribution in [0.5, 0.6) is 0 Å². The zero-order chi connectivity index (χ0) is 19.6. The Kier molecular flexibility index (Phi) is 5.82. The van der Waals surface area contributed by atoms with E-state index in [-0.39, 0.29) is 29.1 Å². The van der Waals surface area contributed by atoms with Crippen molar-refractivity contribution in [3.05, 3.63) is 35.9 Å². The molecule has 28 heavy (non-hydrogen) atoms. The van der Waals surface area contributed by atoms with Gasteiger partial charge in [-0.25, -0.2) is 13.1 Å². The van der Waals surface area contributed by atoms with E-state index in [4.69, 9.17) is 9.47 Å². The molecule has 1 aromatic carbocycles. The van der Waals surface area contributed by atoms with Gasteiger partial charge in [-0.2, -0.15) is 0 Å². The summed E-state index contributed by atoms with van der Waals surface area (Å²) in [4.78, 5) is 14.6. The van der Waals surface area contributed by atoms with Gasteiger partial charge in [0.15, 0.2) is 6.29 Å². The number of piperidine rings is 1. The number of ether oxygens (including phenoxy) is 2. The fraction of sp³-hybridized carbons (Fsp3) is 0.550. The van der Waals surface area contributed by atoms with Crippen LogP contribution < -0.4 is 4.72 Å². The molecule has 1 aliphatic carbocycles.